The van der Waals surface area contributed by atoms with E-state index in [2.05, 4.69) is 6.07 Å². The highest BCUT2D eigenvalue weighted by molar-refractivity contribution is 5.34. The third kappa shape index (κ3) is 3.57. The van der Waals surface area contributed by atoms with E-state index in [0.29, 0.717) is 35.8 Å². The SMILES string of the molecule is O[C@@H]1c2ccc(cc2)OCc2cccc(c2)COc2ccc(cc2)[C@@H]1O. The Kier molecular flexibility index (Phi) is 4.61. The standard InChI is InChI=1S/C22H20O4/c23-21-17-4-8-19(9-5-17)25-13-15-2-1-3-16(12-15)14-26-20-10-6-18(7-11-20)22(21)24/h1-12,21-24H,13-14H2/t21-,22+. The molecule has 26 heavy (non-hydrogen) atoms. The third-order valence-electron chi connectivity index (χ3n) is 4.54. The molecule has 6 bridgehead atoms. The van der Waals surface area contributed by atoms with E-state index in [1.165, 1.54) is 0 Å². The van der Waals surface area contributed by atoms with Crippen LogP contribution in [0.3, 0.4) is 0 Å². The first kappa shape index (κ1) is 16.6. The van der Waals surface area contributed by atoms with E-state index >= 15 is 0 Å². The van der Waals surface area contributed by atoms with Crippen molar-refractivity contribution in [3.8, 4) is 11.5 Å². The van der Waals surface area contributed by atoms with Crippen LogP contribution in [0.1, 0.15) is 34.5 Å². The minimum atomic E-state index is -1.01. The Labute approximate surface area is 152 Å². The Morgan fingerprint density at radius 2 is 1.04 bits per heavy atom. The Morgan fingerprint density at radius 3 is 1.46 bits per heavy atom. The van der Waals surface area contributed by atoms with Crippen LogP contribution >= 0.6 is 0 Å². The van der Waals surface area contributed by atoms with Crippen LogP contribution in [0, 0.1) is 0 Å². The second-order valence-electron chi connectivity index (χ2n) is 6.43. The largest absolute Gasteiger partial charge is 0.489 e. The molecule has 4 heteroatoms. The number of hydrogen-bond donors (Lipinski definition) is 2. The molecule has 0 aromatic heterocycles. The van der Waals surface area contributed by atoms with E-state index in [4.69, 9.17) is 9.47 Å². The normalized spacial score (nSPS) is 19.5. The summed E-state index contributed by atoms with van der Waals surface area (Å²) < 4.78 is 11.6. The molecule has 3 aromatic rings. The predicted octanol–water partition coefficient (Wildman–Crippen LogP) is 3.93. The zero-order valence-electron chi connectivity index (χ0n) is 14.2. The summed E-state index contributed by atoms with van der Waals surface area (Å²) in [6, 6.07) is 22.4. The summed E-state index contributed by atoms with van der Waals surface area (Å²) in [4.78, 5) is 0. The molecule has 0 amide bonds. The Morgan fingerprint density at radius 1 is 0.615 bits per heavy atom. The monoisotopic (exact) mass is 348 g/mol. The van der Waals surface area contributed by atoms with Crippen molar-refractivity contribution in [2.45, 2.75) is 25.4 Å². The second kappa shape index (κ2) is 7.20. The van der Waals surface area contributed by atoms with Crippen molar-refractivity contribution >= 4 is 0 Å². The number of hydrogen-bond acceptors (Lipinski definition) is 4. The third-order valence-corrected chi connectivity index (χ3v) is 4.54. The summed E-state index contributed by atoms with van der Waals surface area (Å²) in [5.41, 5.74) is 3.39. The molecule has 0 fully saturated rings. The maximum atomic E-state index is 10.5. The van der Waals surface area contributed by atoms with Crippen LogP contribution in [0.5, 0.6) is 11.5 Å². The van der Waals surface area contributed by atoms with Crippen LogP contribution in [-0.4, -0.2) is 10.2 Å². The molecule has 0 aliphatic carbocycles. The maximum absolute atomic E-state index is 10.5. The highest BCUT2D eigenvalue weighted by atomic mass is 16.5. The number of rotatable bonds is 0. The summed E-state index contributed by atoms with van der Waals surface area (Å²) in [7, 11) is 0. The maximum Gasteiger partial charge on any atom is 0.119 e. The fourth-order valence-corrected chi connectivity index (χ4v) is 3.03. The van der Waals surface area contributed by atoms with Crippen molar-refractivity contribution in [1.82, 2.24) is 0 Å². The van der Waals surface area contributed by atoms with Gasteiger partial charge >= 0.3 is 0 Å². The highest BCUT2D eigenvalue weighted by Gasteiger charge is 2.20. The summed E-state index contributed by atoms with van der Waals surface area (Å²) in [6.07, 6.45) is -2.02. The number of aliphatic hydroxyl groups excluding tert-OH is 2. The van der Waals surface area contributed by atoms with E-state index in [0.717, 1.165) is 11.1 Å². The van der Waals surface area contributed by atoms with E-state index in [9.17, 15) is 10.2 Å². The van der Waals surface area contributed by atoms with Crippen LogP contribution < -0.4 is 9.47 Å². The minimum absolute atomic E-state index is 0.451. The lowest BCUT2D eigenvalue weighted by atomic mass is 9.98. The molecular formula is C22H20O4. The average molecular weight is 348 g/mol. The molecule has 0 saturated carbocycles. The smallest absolute Gasteiger partial charge is 0.119 e. The molecule has 0 spiro atoms. The minimum Gasteiger partial charge on any atom is -0.489 e. The van der Waals surface area contributed by atoms with Gasteiger partial charge in [0.2, 0.25) is 0 Å². The molecule has 4 nitrogen and oxygen atoms in total. The van der Waals surface area contributed by atoms with Crippen LogP contribution in [0.4, 0.5) is 0 Å². The molecular weight excluding hydrogens is 328 g/mol. The van der Waals surface area contributed by atoms with Crippen molar-refractivity contribution in [2.75, 3.05) is 0 Å². The fourth-order valence-electron chi connectivity index (χ4n) is 3.03. The van der Waals surface area contributed by atoms with E-state index < -0.39 is 12.2 Å². The van der Waals surface area contributed by atoms with Crippen molar-refractivity contribution < 1.29 is 19.7 Å². The van der Waals surface area contributed by atoms with E-state index in [1.54, 1.807) is 48.5 Å². The lowest BCUT2D eigenvalue weighted by Crippen LogP contribution is -2.10. The van der Waals surface area contributed by atoms with Gasteiger partial charge in [-0.15, -0.1) is 0 Å². The predicted molar refractivity (Wildman–Crippen MR) is 97.9 cm³/mol. The van der Waals surface area contributed by atoms with Crippen LogP contribution in [0.25, 0.3) is 0 Å². The van der Waals surface area contributed by atoms with Crippen molar-refractivity contribution in [2.24, 2.45) is 0 Å². The number of fused-ring (bicyclic) bond motifs is 2. The lowest BCUT2D eigenvalue weighted by Gasteiger charge is -2.19. The van der Waals surface area contributed by atoms with Gasteiger partial charge < -0.3 is 19.7 Å². The number of benzene rings is 3. The Balaban J connectivity index is 1.70. The molecule has 132 valence electrons. The lowest BCUT2D eigenvalue weighted by molar-refractivity contribution is 0.0172. The molecule has 3 aromatic carbocycles. The molecule has 6 rings (SSSR count). The Hall–Kier alpha value is -2.82. The molecule has 3 aliphatic rings. The zero-order chi connectivity index (χ0) is 17.9. The molecule has 2 N–H and O–H groups in total. The molecule has 2 atom stereocenters. The fraction of sp³-hybridized carbons (Fsp3) is 0.182. The first-order chi connectivity index (χ1) is 12.7. The van der Waals surface area contributed by atoms with Crippen molar-refractivity contribution in [3.63, 3.8) is 0 Å². The van der Waals surface area contributed by atoms with E-state index in [-0.39, 0.29) is 0 Å². The highest BCUT2D eigenvalue weighted by Crippen LogP contribution is 2.31. The van der Waals surface area contributed by atoms with Crippen LogP contribution in [-0.2, 0) is 13.2 Å². The number of ether oxygens (including phenoxy) is 2. The van der Waals surface area contributed by atoms with Gasteiger partial charge in [-0.2, -0.15) is 0 Å². The Bertz CT molecular complexity index is 801. The van der Waals surface area contributed by atoms with Gasteiger partial charge in [0, 0.05) is 0 Å². The van der Waals surface area contributed by atoms with Gasteiger partial charge in [-0.3, -0.25) is 0 Å². The van der Waals surface area contributed by atoms with Gasteiger partial charge in [0.15, 0.2) is 0 Å². The summed E-state index contributed by atoms with van der Waals surface area (Å²) in [5, 5.41) is 20.9. The van der Waals surface area contributed by atoms with Gasteiger partial charge in [0.25, 0.3) is 0 Å². The molecule has 0 unspecified atom stereocenters. The van der Waals surface area contributed by atoms with Gasteiger partial charge in [0.05, 0.1) is 0 Å². The molecule has 0 saturated heterocycles. The van der Waals surface area contributed by atoms with Gasteiger partial charge in [-0.05, 0) is 52.6 Å². The van der Waals surface area contributed by atoms with Gasteiger partial charge in [-0.25, -0.2) is 0 Å². The van der Waals surface area contributed by atoms with E-state index in [1.807, 2.05) is 18.2 Å². The molecule has 3 heterocycles. The quantitative estimate of drug-likeness (QED) is 0.646. The summed E-state index contributed by atoms with van der Waals surface area (Å²) >= 11 is 0. The van der Waals surface area contributed by atoms with Gasteiger partial charge in [-0.1, -0.05) is 42.5 Å². The average Bonchev–Trinajstić information content (AvgIpc) is 2.70. The number of aliphatic hydroxyl groups is 2. The molecule has 0 radical (unpaired) electrons. The van der Waals surface area contributed by atoms with Crippen molar-refractivity contribution in [3.05, 3.63) is 95.1 Å². The van der Waals surface area contributed by atoms with Crippen LogP contribution in [0.15, 0.2) is 72.8 Å². The summed E-state index contributed by atoms with van der Waals surface area (Å²) in [6.45, 7) is 0.902. The van der Waals surface area contributed by atoms with Gasteiger partial charge in [0.1, 0.15) is 36.9 Å². The first-order valence-electron chi connectivity index (χ1n) is 8.58. The van der Waals surface area contributed by atoms with Crippen LogP contribution in [0.2, 0.25) is 0 Å². The molecule has 3 aliphatic heterocycles. The van der Waals surface area contributed by atoms with Crippen molar-refractivity contribution in [1.29, 1.82) is 0 Å². The zero-order valence-corrected chi connectivity index (χ0v) is 14.2. The topological polar surface area (TPSA) is 58.9 Å². The first-order valence-corrected chi connectivity index (χ1v) is 8.58. The second-order valence-corrected chi connectivity index (χ2v) is 6.43. The summed E-state index contributed by atoms with van der Waals surface area (Å²) in [5.74, 6) is 1.43.